The minimum atomic E-state index is -0.205. The van der Waals surface area contributed by atoms with Crippen LogP contribution < -0.4 is 5.32 Å². The zero-order valence-corrected chi connectivity index (χ0v) is 10.6. The quantitative estimate of drug-likeness (QED) is 0.886. The molecule has 0 aliphatic heterocycles. The van der Waals surface area contributed by atoms with Gasteiger partial charge in [-0.3, -0.25) is 4.79 Å². The lowest BCUT2D eigenvalue weighted by Crippen LogP contribution is -2.23. The first kappa shape index (κ1) is 11.5. The maximum absolute atomic E-state index is 11.0. The molecule has 1 amide bonds. The fourth-order valence-corrected chi connectivity index (χ4v) is 1.81. The molecule has 3 nitrogen and oxygen atoms in total. The average molecular weight is 303 g/mol. The highest BCUT2D eigenvalue weighted by Gasteiger charge is 2.05. The fraction of sp³-hybridized carbons (Fsp3) is 0.182. The third kappa shape index (κ3) is 2.57. The molecule has 1 aromatic heterocycles. The van der Waals surface area contributed by atoms with Crippen LogP contribution >= 0.6 is 27.5 Å². The Hall–Kier alpha value is -1.00. The SMILES string of the molecule is O=C(CCl)NCc1cc2ccc(Br)cc2o1. The van der Waals surface area contributed by atoms with E-state index in [1.807, 2.05) is 24.3 Å². The summed E-state index contributed by atoms with van der Waals surface area (Å²) in [6, 6.07) is 7.69. The molecule has 0 saturated carbocycles. The summed E-state index contributed by atoms with van der Waals surface area (Å²) in [6.45, 7) is 0.359. The van der Waals surface area contributed by atoms with E-state index in [0.29, 0.717) is 12.3 Å². The van der Waals surface area contributed by atoms with Crippen LogP contribution in [0.15, 0.2) is 33.2 Å². The molecule has 0 bridgehead atoms. The van der Waals surface area contributed by atoms with Crippen LogP contribution in [0.3, 0.4) is 0 Å². The highest BCUT2D eigenvalue weighted by molar-refractivity contribution is 9.10. The molecule has 0 aliphatic rings. The van der Waals surface area contributed by atoms with Crippen LogP contribution in [0.1, 0.15) is 5.76 Å². The molecule has 0 saturated heterocycles. The molecule has 0 atom stereocenters. The van der Waals surface area contributed by atoms with Gasteiger partial charge in [-0.1, -0.05) is 15.9 Å². The minimum Gasteiger partial charge on any atom is -0.459 e. The van der Waals surface area contributed by atoms with Crippen molar-refractivity contribution < 1.29 is 9.21 Å². The van der Waals surface area contributed by atoms with Crippen molar-refractivity contribution in [1.29, 1.82) is 0 Å². The topological polar surface area (TPSA) is 42.2 Å². The number of halogens is 2. The smallest absolute Gasteiger partial charge is 0.235 e. The second-order valence-corrected chi connectivity index (χ2v) is 4.49. The van der Waals surface area contributed by atoms with Crippen molar-refractivity contribution in [3.05, 3.63) is 34.5 Å². The predicted molar refractivity (Wildman–Crippen MR) is 66.5 cm³/mol. The van der Waals surface area contributed by atoms with Crippen LogP contribution in [-0.2, 0) is 11.3 Å². The Bertz CT molecular complexity index is 524. The Labute approximate surface area is 106 Å². The Kier molecular flexibility index (Phi) is 3.51. The molecule has 1 heterocycles. The number of hydrogen-bond acceptors (Lipinski definition) is 2. The Morgan fingerprint density at radius 2 is 2.25 bits per heavy atom. The van der Waals surface area contributed by atoms with Crippen molar-refractivity contribution in [3.63, 3.8) is 0 Å². The number of furan rings is 1. The standard InChI is InChI=1S/C11H9BrClNO2/c12-8-2-1-7-3-9(16-10(7)4-8)6-14-11(15)5-13/h1-4H,5-6H2,(H,14,15). The van der Waals surface area contributed by atoms with E-state index in [1.54, 1.807) is 0 Å². The molecule has 0 aliphatic carbocycles. The fourth-order valence-electron chi connectivity index (χ4n) is 1.38. The first-order chi connectivity index (χ1) is 7.69. The lowest BCUT2D eigenvalue weighted by atomic mass is 10.2. The van der Waals surface area contributed by atoms with Crippen LogP contribution in [0.25, 0.3) is 11.0 Å². The Morgan fingerprint density at radius 1 is 1.44 bits per heavy atom. The third-order valence-corrected chi connectivity index (χ3v) is 2.85. The number of carbonyl (C=O) groups excluding carboxylic acids is 1. The number of alkyl halides is 1. The lowest BCUT2D eigenvalue weighted by molar-refractivity contribution is -0.118. The van der Waals surface area contributed by atoms with Crippen LogP contribution in [0.2, 0.25) is 0 Å². The summed E-state index contributed by atoms with van der Waals surface area (Å²) >= 11 is 8.74. The van der Waals surface area contributed by atoms with Crippen molar-refractivity contribution in [2.24, 2.45) is 0 Å². The molecule has 16 heavy (non-hydrogen) atoms. The molecule has 0 fully saturated rings. The minimum absolute atomic E-state index is 0.0359. The van der Waals surface area contributed by atoms with Gasteiger partial charge in [0.15, 0.2) is 0 Å². The highest BCUT2D eigenvalue weighted by atomic mass is 79.9. The van der Waals surface area contributed by atoms with E-state index in [0.717, 1.165) is 15.4 Å². The second-order valence-electron chi connectivity index (χ2n) is 3.31. The van der Waals surface area contributed by atoms with E-state index < -0.39 is 0 Å². The summed E-state index contributed by atoms with van der Waals surface area (Å²) in [5, 5.41) is 3.66. The van der Waals surface area contributed by atoms with Gasteiger partial charge in [-0.2, -0.15) is 0 Å². The van der Waals surface area contributed by atoms with Crippen molar-refractivity contribution in [2.45, 2.75) is 6.54 Å². The van der Waals surface area contributed by atoms with Gasteiger partial charge < -0.3 is 9.73 Å². The Morgan fingerprint density at radius 3 is 3.00 bits per heavy atom. The van der Waals surface area contributed by atoms with Gasteiger partial charge in [0.2, 0.25) is 5.91 Å². The van der Waals surface area contributed by atoms with E-state index in [9.17, 15) is 4.79 Å². The lowest BCUT2D eigenvalue weighted by Gasteiger charge is -1.98. The molecular formula is C11H9BrClNO2. The molecular weight excluding hydrogens is 293 g/mol. The number of benzene rings is 1. The van der Waals surface area contributed by atoms with Crippen LogP contribution in [0, 0.1) is 0 Å². The van der Waals surface area contributed by atoms with Gasteiger partial charge in [0.05, 0.1) is 6.54 Å². The second kappa shape index (κ2) is 4.89. The summed E-state index contributed by atoms with van der Waals surface area (Å²) in [7, 11) is 0. The van der Waals surface area contributed by atoms with Crippen molar-refractivity contribution >= 4 is 44.4 Å². The number of carbonyl (C=O) groups is 1. The maximum atomic E-state index is 11.0. The Balaban J connectivity index is 2.16. The van der Waals surface area contributed by atoms with E-state index in [1.165, 1.54) is 0 Å². The van der Waals surface area contributed by atoms with Gasteiger partial charge in [0.1, 0.15) is 17.2 Å². The van der Waals surface area contributed by atoms with Crippen molar-refractivity contribution in [1.82, 2.24) is 5.32 Å². The van der Waals surface area contributed by atoms with E-state index in [-0.39, 0.29) is 11.8 Å². The number of fused-ring (bicyclic) bond motifs is 1. The molecule has 1 aromatic carbocycles. The monoisotopic (exact) mass is 301 g/mol. The van der Waals surface area contributed by atoms with Gasteiger partial charge in [0, 0.05) is 9.86 Å². The summed E-state index contributed by atoms with van der Waals surface area (Å²) in [5.74, 6) is 0.473. The van der Waals surface area contributed by atoms with Crippen molar-refractivity contribution in [3.8, 4) is 0 Å². The number of hydrogen-bond donors (Lipinski definition) is 1. The van der Waals surface area contributed by atoms with E-state index in [2.05, 4.69) is 21.2 Å². The maximum Gasteiger partial charge on any atom is 0.235 e. The number of rotatable bonds is 3. The van der Waals surface area contributed by atoms with Gasteiger partial charge >= 0.3 is 0 Å². The molecule has 0 unspecified atom stereocenters. The number of amides is 1. The normalized spacial score (nSPS) is 10.6. The average Bonchev–Trinajstić information content (AvgIpc) is 2.67. The molecule has 5 heteroatoms. The molecule has 0 radical (unpaired) electrons. The largest absolute Gasteiger partial charge is 0.459 e. The first-order valence-electron chi connectivity index (χ1n) is 4.69. The summed E-state index contributed by atoms with van der Waals surface area (Å²) in [5.41, 5.74) is 0.796. The van der Waals surface area contributed by atoms with Gasteiger partial charge in [0.25, 0.3) is 0 Å². The predicted octanol–water partition coefficient (Wildman–Crippen LogP) is 3.05. The van der Waals surface area contributed by atoms with Crippen molar-refractivity contribution in [2.75, 3.05) is 5.88 Å². The van der Waals surface area contributed by atoms with E-state index >= 15 is 0 Å². The van der Waals surface area contributed by atoms with Gasteiger partial charge in [-0.05, 0) is 24.3 Å². The summed E-state index contributed by atoms with van der Waals surface area (Å²) in [4.78, 5) is 11.0. The van der Waals surface area contributed by atoms with Gasteiger partial charge in [-0.25, -0.2) is 0 Å². The number of nitrogens with one attached hydrogen (secondary N) is 1. The molecule has 84 valence electrons. The van der Waals surface area contributed by atoms with Crippen LogP contribution in [0.4, 0.5) is 0 Å². The summed E-state index contributed by atoms with van der Waals surface area (Å²) in [6.07, 6.45) is 0. The molecule has 0 spiro atoms. The molecule has 2 rings (SSSR count). The zero-order valence-electron chi connectivity index (χ0n) is 8.30. The first-order valence-corrected chi connectivity index (χ1v) is 6.02. The highest BCUT2D eigenvalue weighted by Crippen LogP contribution is 2.23. The molecule has 1 N–H and O–H groups in total. The summed E-state index contributed by atoms with van der Waals surface area (Å²) < 4.78 is 6.52. The third-order valence-electron chi connectivity index (χ3n) is 2.11. The van der Waals surface area contributed by atoms with E-state index in [4.69, 9.17) is 16.0 Å². The molecule has 2 aromatic rings. The van der Waals surface area contributed by atoms with Gasteiger partial charge in [-0.15, -0.1) is 11.6 Å². The van der Waals surface area contributed by atoms with Crippen LogP contribution in [-0.4, -0.2) is 11.8 Å². The zero-order chi connectivity index (χ0) is 11.5. The van der Waals surface area contributed by atoms with Crippen LogP contribution in [0.5, 0.6) is 0 Å².